The van der Waals surface area contributed by atoms with E-state index in [2.05, 4.69) is 10.6 Å². The maximum Gasteiger partial charge on any atom is 0.314 e. The first kappa shape index (κ1) is 10.3. The molecule has 1 atom stereocenters. The molecule has 76 valence electrons. The van der Waals surface area contributed by atoms with Crippen LogP contribution in [0.25, 0.3) is 0 Å². The van der Waals surface area contributed by atoms with Gasteiger partial charge in [-0.1, -0.05) is 0 Å². The van der Waals surface area contributed by atoms with E-state index >= 15 is 0 Å². The lowest BCUT2D eigenvalue weighted by atomic mass is 10.0. The Kier molecular flexibility index (Phi) is 2.51. The lowest BCUT2D eigenvalue weighted by molar-refractivity contribution is 0.232. The van der Waals surface area contributed by atoms with Gasteiger partial charge in [-0.05, 0) is 13.3 Å². The molecule has 1 unspecified atom stereocenters. The highest BCUT2D eigenvalue weighted by molar-refractivity contribution is 7.91. The highest BCUT2D eigenvalue weighted by Gasteiger charge is 2.39. The van der Waals surface area contributed by atoms with E-state index in [1.165, 1.54) is 7.05 Å². The third-order valence-electron chi connectivity index (χ3n) is 2.15. The summed E-state index contributed by atoms with van der Waals surface area (Å²) in [4.78, 5) is 11.0. The summed E-state index contributed by atoms with van der Waals surface area (Å²) in [7, 11) is -1.45. The van der Waals surface area contributed by atoms with E-state index in [1.807, 2.05) is 0 Å². The second-order valence-corrected chi connectivity index (χ2v) is 5.79. The van der Waals surface area contributed by atoms with Crippen LogP contribution in [0.2, 0.25) is 0 Å². The molecule has 0 aromatic carbocycles. The fraction of sp³-hybridized carbons (Fsp3) is 0.857. The second-order valence-electron chi connectivity index (χ2n) is 3.61. The van der Waals surface area contributed by atoms with Crippen LogP contribution in [0.4, 0.5) is 4.79 Å². The quantitative estimate of drug-likeness (QED) is 0.607. The Balaban J connectivity index is 2.65. The molecule has 1 aliphatic rings. The zero-order chi connectivity index (χ0) is 10.1. The van der Waals surface area contributed by atoms with E-state index in [1.54, 1.807) is 6.92 Å². The van der Waals surface area contributed by atoms with Crippen molar-refractivity contribution in [2.24, 2.45) is 0 Å². The Hall–Kier alpha value is -0.780. The fourth-order valence-electron chi connectivity index (χ4n) is 1.45. The van der Waals surface area contributed by atoms with E-state index < -0.39 is 15.4 Å². The number of rotatable bonds is 1. The van der Waals surface area contributed by atoms with Gasteiger partial charge in [0, 0.05) is 7.05 Å². The molecular formula is C7H14N2O3S. The van der Waals surface area contributed by atoms with E-state index in [0.717, 1.165) is 0 Å². The SMILES string of the molecule is CNC(=O)NC1(C)CCS(=O)(=O)C1. The maximum atomic E-state index is 11.1. The molecule has 1 fully saturated rings. The van der Waals surface area contributed by atoms with Gasteiger partial charge in [0.1, 0.15) is 0 Å². The third-order valence-corrected chi connectivity index (χ3v) is 4.05. The van der Waals surface area contributed by atoms with Gasteiger partial charge in [-0.3, -0.25) is 0 Å². The molecule has 1 saturated heterocycles. The Morgan fingerprint density at radius 2 is 2.08 bits per heavy atom. The highest BCUT2D eigenvalue weighted by atomic mass is 32.2. The molecule has 1 heterocycles. The number of urea groups is 1. The van der Waals surface area contributed by atoms with Gasteiger partial charge in [-0.25, -0.2) is 13.2 Å². The number of carbonyl (C=O) groups is 1. The lowest BCUT2D eigenvalue weighted by Crippen LogP contribution is -2.50. The summed E-state index contributed by atoms with van der Waals surface area (Å²) in [6, 6.07) is -0.334. The molecule has 0 radical (unpaired) electrons. The first-order valence-corrected chi connectivity index (χ1v) is 5.89. The summed E-state index contributed by atoms with van der Waals surface area (Å²) in [5.74, 6) is 0.195. The van der Waals surface area contributed by atoms with Crippen molar-refractivity contribution in [1.29, 1.82) is 0 Å². The Labute approximate surface area is 77.8 Å². The maximum absolute atomic E-state index is 11.1. The second kappa shape index (κ2) is 3.17. The molecule has 0 aliphatic carbocycles. The van der Waals surface area contributed by atoms with E-state index in [9.17, 15) is 13.2 Å². The van der Waals surface area contributed by atoms with Crippen LogP contribution in [-0.4, -0.2) is 38.5 Å². The minimum Gasteiger partial charge on any atom is -0.341 e. The van der Waals surface area contributed by atoms with Crippen molar-refractivity contribution in [3.8, 4) is 0 Å². The number of carbonyl (C=O) groups excluding carboxylic acids is 1. The molecule has 0 saturated carbocycles. The van der Waals surface area contributed by atoms with Gasteiger partial charge >= 0.3 is 6.03 Å². The van der Waals surface area contributed by atoms with Crippen LogP contribution >= 0.6 is 0 Å². The van der Waals surface area contributed by atoms with Gasteiger partial charge in [0.25, 0.3) is 0 Å². The molecule has 1 aliphatic heterocycles. The molecular weight excluding hydrogens is 192 g/mol. The molecule has 1 rings (SSSR count). The first-order chi connectivity index (χ1) is 5.87. The molecule has 0 bridgehead atoms. The van der Waals surface area contributed by atoms with Crippen molar-refractivity contribution in [2.75, 3.05) is 18.6 Å². The predicted octanol–water partition coefficient (Wildman–Crippen LogP) is -0.507. The average molecular weight is 206 g/mol. The average Bonchev–Trinajstić information content (AvgIpc) is 2.25. The monoisotopic (exact) mass is 206 g/mol. The van der Waals surface area contributed by atoms with Crippen molar-refractivity contribution in [3.63, 3.8) is 0 Å². The van der Waals surface area contributed by atoms with Gasteiger partial charge in [0.05, 0.1) is 17.0 Å². The minimum absolute atomic E-state index is 0.0351. The summed E-state index contributed by atoms with van der Waals surface area (Å²) < 4.78 is 22.3. The van der Waals surface area contributed by atoms with Crippen molar-refractivity contribution in [2.45, 2.75) is 18.9 Å². The number of hydrogen-bond acceptors (Lipinski definition) is 3. The molecule has 5 nitrogen and oxygen atoms in total. The Morgan fingerprint density at radius 3 is 2.46 bits per heavy atom. The van der Waals surface area contributed by atoms with E-state index in [0.29, 0.717) is 6.42 Å². The third kappa shape index (κ3) is 2.58. The molecule has 2 amide bonds. The van der Waals surface area contributed by atoms with Gasteiger partial charge in [-0.15, -0.1) is 0 Å². The normalized spacial score (nSPS) is 31.2. The standard InChI is InChI=1S/C7H14N2O3S/c1-7(9-6(10)8-2)3-4-13(11,12)5-7/h3-5H2,1-2H3,(H2,8,9,10). The number of sulfone groups is 1. The van der Waals surface area contributed by atoms with Crippen LogP contribution in [0, 0.1) is 0 Å². The molecule has 0 aromatic heterocycles. The van der Waals surface area contributed by atoms with Crippen molar-refractivity contribution in [1.82, 2.24) is 10.6 Å². The number of nitrogens with one attached hydrogen (secondary N) is 2. The zero-order valence-electron chi connectivity index (χ0n) is 7.75. The first-order valence-electron chi connectivity index (χ1n) is 4.07. The van der Waals surface area contributed by atoms with Crippen LogP contribution < -0.4 is 10.6 Å². The Bertz CT molecular complexity index is 312. The van der Waals surface area contributed by atoms with Crippen LogP contribution in [-0.2, 0) is 9.84 Å². The predicted molar refractivity (Wildman–Crippen MR) is 49.3 cm³/mol. The highest BCUT2D eigenvalue weighted by Crippen LogP contribution is 2.22. The smallest absolute Gasteiger partial charge is 0.314 e. The molecule has 13 heavy (non-hydrogen) atoms. The summed E-state index contributed by atoms with van der Waals surface area (Å²) >= 11 is 0. The van der Waals surface area contributed by atoms with Crippen molar-refractivity contribution >= 4 is 15.9 Å². The fourth-order valence-corrected chi connectivity index (χ4v) is 3.54. The van der Waals surface area contributed by atoms with Crippen molar-refractivity contribution in [3.05, 3.63) is 0 Å². The van der Waals surface area contributed by atoms with E-state index in [4.69, 9.17) is 0 Å². The molecule has 0 spiro atoms. The Morgan fingerprint density at radius 1 is 1.46 bits per heavy atom. The topological polar surface area (TPSA) is 75.3 Å². The minimum atomic E-state index is -2.95. The lowest BCUT2D eigenvalue weighted by Gasteiger charge is -2.23. The zero-order valence-corrected chi connectivity index (χ0v) is 8.57. The van der Waals surface area contributed by atoms with Crippen LogP contribution in [0.5, 0.6) is 0 Å². The molecule has 2 N–H and O–H groups in total. The van der Waals surface area contributed by atoms with E-state index in [-0.39, 0.29) is 17.5 Å². The van der Waals surface area contributed by atoms with Gasteiger partial charge in [-0.2, -0.15) is 0 Å². The van der Waals surface area contributed by atoms with Crippen molar-refractivity contribution < 1.29 is 13.2 Å². The summed E-state index contributed by atoms with van der Waals surface area (Å²) in [5.41, 5.74) is -0.598. The molecule has 0 aromatic rings. The van der Waals surface area contributed by atoms with Gasteiger partial charge in [0.2, 0.25) is 0 Å². The van der Waals surface area contributed by atoms with Crippen LogP contribution in [0.3, 0.4) is 0 Å². The van der Waals surface area contributed by atoms with Crippen LogP contribution in [0.1, 0.15) is 13.3 Å². The number of amides is 2. The molecule has 6 heteroatoms. The van der Waals surface area contributed by atoms with Gasteiger partial charge < -0.3 is 10.6 Å². The summed E-state index contributed by atoms with van der Waals surface area (Å²) in [6.07, 6.45) is 0.489. The van der Waals surface area contributed by atoms with Crippen LogP contribution in [0.15, 0.2) is 0 Å². The summed E-state index contributed by atoms with van der Waals surface area (Å²) in [6.45, 7) is 1.74. The van der Waals surface area contributed by atoms with Gasteiger partial charge in [0.15, 0.2) is 9.84 Å². The largest absolute Gasteiger partial charge is 0.341 e. The number of hydrogen-bond donors (Lipinski definition) is 2. The summed E-state index contributed by atoms with van der Waals surface area (Å²) in [5, 5.41) is 5.03.